The van der Waals surface area contributed by atoms with Gasteiger partial charge in [0.05, 0.1) is 15.3 Å². The van der Waals surface area contributed by atoms with Crippen LogP contribution < -0.4 is 10.9 Å². The Morgan fingerprint density at radius 1 is 1.16 bits per heavy atom. The number of carbonyl (C=O) groups is 1. The van der Waals surface area contributed by atoms with Crippen molar-refractivity contribution in [1.29, 1.82) is 0 Å². The van der Waals surface area contributed by atoms with E-state index < -0.39 is 44.4 Å². The first-order chi connectivity index (χ1) is 14.5. The Balaban J connectivity index is 1.86. The molecule has 0 aliphatic carbocycles. The molecule has 31 heavy (non-hydrogen) atoms. The van der Waals surface area contributed by atoms with Crippen LogP contribution in [0.1, 0.15) is 5.56 Å². The van der Waals surface area contributed by atoms with Crippen molar-refractivity contribution in [2.75, 3.05) is 12.4 Å². The normalized spacial score (nSPS) is 15.1. The van der Waals surface area contributed by atoms with Gasteiger partial charge in [0, 0.05) is 17.6 Å². The molecule has 0 atom stereocenters. The zero-order chi connectivity index (χ0) is 22.7. The number of aromatic hydroxyl groups is 1. The second-order valence-electron chi connectivity index (χ2n) is 6.50. The van der Waals surface area contributed by atoms with Gasteiger partial charge < -0.3 is 19.9 Å². The molecule has 2 aromatic carbocycles. The predicted octanol–water partition coefficient (Wildman–Crippen LogP) is 3.30. The van der Waals surface area contributed by atoms with Gasteiger partial charge in [-0.05, 0) is 24.3 Å². The third-order valence-corrected chi connectivity index (χ3v) is 6.99. The van der Waals surface area contributed by atoms with Crippen LogP contribution in [0.4, 0.5) is 5.69 Å². The molecule has 0 saturated heterocycles. The minimum absolute atomic E-state index is 0.0390. The number of hydrogen-bond donors (Lipinski definition) is 3. The Kier molecular flexibility index (Phi) is 4.88. The van der Waals surface area contributed by atoms with Crippen molar-refractivity contribution in [1.82, 2.24) is 4.31 Å². The number of benzene rings is 2. The van der Waals surface area contributed by atoms with Crippen LogP contribution in [0.5, 0.6) is 5.75 Å². The first-order valence-corrected chi connectivity index (χ1v) is 10.7. The highest BCUT2D eigenvalue weighted by Gasteiger charge is 2.38. The summed E-state index contributed by atoms with van der Waals surface area (Å²) in [5.41, 5.74) is -2.72. The van der Waals surface area contributed by atoms with E-state index in [9.17, 15) is 28.2 Å². The molecule has 1 amide bonds. The van der Waals surface area contributed by atoms with Gasteiger partial charge >= 0.3 is 5.63 Å². The number of amides is 1. The van der Waals surface area contributed by atoms with Gasteiger partial charge in [0.1, 0.15) is 0 Å². The number of rotatable bonds is 2. The lowest BCUT2D eigenvalue weighted by Gasteiger charge is -2.28. The number of aliphatic hydroxyl groups excluding tert-OH is 1. The summed E-state index contributed by atoms with van der Waals surface area (Å²) < 4.78 is 31.1. The second-order valence-corrected chi connectivity index (χ2v) is 9.28. The lowest BCUT2D eigenvalue weighted by atomic mass is 10.1. The van der Waals surface area contributed by atoms with Crippen molar-refractivity contribution < 1.29 is 27.8 Å². The van der Waals surface area contributed by atoms with E-state index in [1.54, 1.807) is 0 Å². The van der Waals surface area contributed by atoms with Crippen molar-refractivity contribution in [3.63, 3.8) is 0 Å². The first kappa shape index (κ1) is 21.0. The van der Waals surface area contributed by atoms with Crippen molar-refractivity contribution >= 4 is 61.5 Å². The van der Waals surface area contributed by atoms with E-state index in [4.69, 9.17) is 27.6 Å². The summed E-state index contributed by atoms with van der Waals surface area (Å²) in [4.78, 5) is 25.0. The van der Waals surface area contributed by atoms with Gasteiger partial charge in [-0.15, -0.1) is 0 Å². The molecule has 160 valence electrons. The molecule has 1 aliphatic heterocycles. The summed E-state index contributed by atoms with van der Waals surface area (Å²) in [6.07, 6.45) is 0. The molecule has 0 radical (unpaired) electrons. The van der Waals surface area contributed by atoms with E-state index in [-0.39, 0.29) is 31.5 Å². The number of hydrogen-bond acceptors (Lipinski definition) is 7. The third-order valence-electron chi connectivity index (χ3n) is 4.67. The number of halogens is 2. The summed E-state index contributed by atoms with van der Waals surface area (Å²) in [6, 6.07) is 8.13. The van der Waals surface area contributed by atoms with Crippen molar-refractivity contribution in [3.8, 4) is 5.75 Å². The zero-order valence-electron chi connectivity index (χ0n) is 15.5. The fourth-order valence-corrected chi connectivity index (χ4v) is 5.11. The SMILES string of the molecule is CN1C(C(=O)Nc2c(O)c3cc(Cl)cc(Cl)c3oc2=O)=C(O)c2ccccc2S1(=O)=O. The minimum atomic E-state index is -4.15. The van der Waals surface area contributed by atoms with E-state index in [1.165, 1.54) is 36.4 Å². The minimum Gasteiger partial charge on any atom is -0.505 e. The van der Waals surface area contributed by atoms with Gasteiger partial charge in [-0.2, -0.15) is 0 Å². The fourth-order valence-electron chi connectivity index (χ4n) is 3.18. The van der Waals surface area contributed by atoms with Gasteiger partial charge in [0.2, 0.25) is 0 Å². The third kappa shape index (κ3) is 3.19. The monoisotopic (exact) mass is 482 g/mol. The summed E-state index contributed by atoms with van der Waals surface area (Å²) in [7, 11) is -3.08. The highest BCUT2D eigenvalue weighted by Crippen LogP contribution is 2.38. The van der Waals surface area contributed by atoms with Crippen LogP contribution in [-0.4, -0.2) is 35.9 Å². The summed E-state index contributed by atoms with van der Waals surface area (Å²) in [5.74, 6) is -2.49. The van der Waals surface area contributed by atoms with E-state index in [0.29, 0.717) is 4.31 Å². The van der Waals surface area contributed by atoms with Gasteiger partial charge in [0.15, 0.2) is 28.5 Å². The van der Waals surface area contributed by atoms with Crippen LogP contribution >= 0.6 is 23.2 Å². The Bertz CT molecular complexity index is 1480. The molecular formula is C19H12Cl2N2O7S. The molecule has 0 unspecified atom stereocenters. The predicted molar refractivity (Wildman–Crippen MR) is 114 cm³/mol. The molecule has 9 nitrogen and oxygen atoms in total. The van der Waals surface area contributed by atoms with Crippen molar-refractivity contribution in [2.24, 2.45) is 0 Å². The van der Waals surface area contributed by atoms with Gasteiger partial charge in [0.25, 0.3) is 15.9 Å². The van der Waals surface area contributed by atoms with Gasteiger partial charge in [-0.1, -0.05) is 35.3 Å². The van der Waals surface area contributed by atoms with Crippen molar-refractivity contribution in [3.05, 3.63) is 68.1 Å². The van der Waals surface area contributed by atoms with Crippen molar-refractivity contribution in [2.45, 2.75) is 4.90 Å². The van der Waals surface area contributed by atoms with E-state index in [2.05, 4.69) is 5.32 Å². The molecule has 0 saturated carbocycles. The highest BCUT2D eigenvalue weighted by molar-refractivity contribution is 7.89. The molecule has 1 aromatic heterocycles. The molecule has 0 fully saturated rings. The Hall–Kier alpha value is -3.21. The summed E-state index contributed by atoms with van der Waals surface area (Å²) in [6.45, 7) is 0. The van der Waals surface area contributed by atoms with Gasteiger partial charge in [-0.25, -0.2) is 13.2 Å². The van der Waals surface area contributed by atoms with E-state index in [0.717, 1.165) is 7.05 Å². The van der Waals surface area contributed by atoms with Crippen LogP contribution in [-0.2, 0) is 14.8 Å². The average Bonchev–Trinajstić information content (AvgIpc) is 2.71. The smallest absolute Gasteiger partial charge is 0.364 e. The average molecular weight is 483 g/mol. The highest BCUT2D eigenvalue weighted by atomic mass is 35.5. The molecule has 3 aromatic rings. The lowest BCUT2D eigenvalue weighted by molar-refractivity contribution is -0.113. The number of aliphatic hydroxyl groups is 1. The van der Waals surface area contributed by atoms with Crippen LogP contribution in [0.25, 0.3) is 16.7 Å². The molecule has 0 bridgehead atoms. The molecule has 12 heteroatoms. The number of nitrogens with zero attached hydrogens (tertiary/aromatic N) is 1. The summed E-state index contributed by atoms with van der Waals surface area (Å²) >= 11 is 11.9. The number of fused-ring (bicyclic) bond motifs is 2. The molecule has 4 rings (SSSR count). The Morgan fingerprint density at radius 2 is 1.84 bits per heavy atom. The molecule has 0 spiro atoms. The quantitative estimate of drug-likeness (QED) is 0.476. The number of nitrogens with one attached hydrogen (secondary N) is 1. The lowest BCUT2D eigenvalue weighted by Crippen LogP contribution is -2.37. The van der Waals surface area contributed by atoms with Crippen LogP contribution in [0.15, 0.2) is 56.2 Å². The maximum absolute atomic E-state index is 12.9. The Labute approximate surface area is 184 Å². The number of anilines is 1. The number of sulfonamides is 1. The van der Waals surface area contributed by atoms with Crippen LogP contribution in [0.3, 0.4) is 0 Å². The fraction of sp³-hybridized carbons (Fsp3) is 0.0526. The molecule has 3 N–H and O–H groups in total. The first-order valence-electron chi connectivity index (χ1n) is 8.51. The zero-order valence-corrected chi connectivity index (χ0v) is 17.8. The van der Waals surface area contributed by atoms with E-state index in [1.807, 2.05) is 0 Å². The van der Waals surface area contributed by atoms with Crippen LogP contribution in [0.2, 0.25) is 10.0 Å². The molecule has 1 aliphatic rings. The van der Waals surface area contributed by atoms with Gasteiger partial charge in [-0.3, -0.25) is 9.10 Å². The largest absolute Gasteiger partial charge is 0.505 e. The van der Waals surface area contributed by atoms with Crippen LogP contribution in [0, 0.1) is 0 Å². The summed E-state index contributed by atoms with van der Waals surface area (Å²) in [5, 5.41) is 23.2. The molecule has 2 heterocycles. The second kappa shape index (κ2) is 7.19. The maximum atomic E-state index is 12.9. The van der Waals surface area contributed by atoms with E-state index >= 15 is 0 Å². The Morgan fingerprint density at radius 3 is 2.55 bits per heavy atom. The topological polar surface area (TPSA) is 137 Å². The molecular weight excluding hydrogens is 471 g/mol. The number of likely N-dealkylation sites (N-methyl/N-ethyl adjacent to an activating group) is 1. The standard InChI is InChI=1S/C19H12Cl2N2O7S/c1-23-14(16(25)9-4-2-3-5-12(9)31(23,28)29)18(26)22-13-15(24)10-6-8(20)7-11(21)17(10)30-19(13)27/h2-7,24-25H,1H3,(H,22,26). The number of carbonyl (C=O) groups excluding carboxylic acids is 1. The maximum Gasteiger partial charge on any atom is 0.364 e.